The molecule has 0 spiro atoms. The number of ether oxygens (including phenoxy) is 2. The first-order valence-electron chi connectivity index (χ1n) is 11.6. The number of piperidine rings is 1. The van der Waals surface area contributed by atoms with E-state index in [1.807, 2.05) is 4.90 Å². The molecule has 30 heavy (non-hydrogen) atoms. The second-order valence-electron chi connectivity index (χ2n) is 7.60. The van der Waals surface area contributed by atoms with Crippen molar-refractivity contribution in [2.45, 2.75) is 72.3 Å². The number of hydrogen-bond acceptors (Lipinski definition) is 4. The van der Waals surface area contributed by atoms with Crippen LogP contribution in [-0.2, 0) is 14.3 Å². The largest absolute Gasteiger partial charge is 0.379 e. The number of likely N-dealkylation sites (tertiary alicyclic amines) is 1. The summed E-state index contributed by atoms with van der Waals surface area (Å²) in [5, 5.41) is 6.82. The van der Waals surface area contributed by atoms with Crippen LogP contribution in [-0.4, -0.2) is 75.4 Å². The van der Waals surface area contributed by atoms with E-state index in [1.165, 1.54) is 0 Å². The zero-order valence-corrected chi connectivity index (χ0v) is 21.9. The lowest BCUT2D eigenvalue weighted by atomic mass is 9.98. The Kier molecular flexibility index (Phi) is 18.7. The molecule has 2 N–H and O–H groups in total. The van der Waals surface area contributed by atoms with Crippen LogP contribution in [0.15, 0.2) is 4.99 Å². The third kappa shape index (κ3) is 12.3. The minimum absolute atomic E-state index is 0. The van der Waals surface area contributed by atoms with Crippen LogP contribution in [0.3, 0.4) is 0 Å². The van der Waals surface area contributed by atoms with Crippen LogP contribution in [0.4, 0.5) is 0 Å². The second kappa shape index (κ2) is 19.1. The van der Waals surface area contributed by atoms with Crippen LogP contribution in [0, 0.1) is 5.92 Å². The highest BCUT2D eigenvalue weighted by atomic mass is 127. The van der Waals surface area contributed by atoms with Gasteiger partial charge in [-0.15, -0.1) is 24.0 Å². The van der Waals surface area contributed by atoms with Crippen molar-refractivity contribution in [3.63, 3.8) is 0 Å². The average molecular weight is 541 g/mol. The molecule has 0 radical (unpaired) electrons. The number of hydrogen-bond donors (Lipinski definition) is 2. The molecule has 0 aromatic heterocycles. The Labute approximate surface area is 201 Å². The lowest BCUT2D eigenvalue weighted by molar-refractivity contribution is -0.136. The Bertz CT molecular complexity index is 454. The van der Waals surface area contributed by atoms with Crippen LogP contribution >= 0.6 is 24.0 Å². The number of halogens is 1. The molecule has 1 aliphatic rings. The standard InChI is InChI=1S/C22H44N4O3.HI/c1-5-9-15-28-17-18-29-16-12-24-22(23-8-4)25-20-10-13-26(14-11-20)21(27)19(6-2)7-3;/h19-20H,5-18H2,1-4H3,(H2,23,24,25);1H. The first-order chi connectivity index (χ1) is 14.2. The fourth-order valence-corrected chi connectivity index (χ4v) is 3.44. The maximum absolute atomic E-state index is 12.5. The molecule has 0 aromatic carbocycles. The van der Waals surface area contributed by atoms with Gasteiger partial charge in [-0.2, -0.15) is 0 Å². The monoisotopic (exact) mass is 540 g/mol. The Morgan fingerprint density at radius 1 is 1.03 bits per heavy atom. The third-order valence-electron chi connectivity index (χ3n) is 5.35. The summed E-state index contributed by atoms with van der Waals surface area (Å²) >= 11 is 0. The van der Waals surface area contributed by atoms with Crippen molar-refractivity contribution >= 4 is 35.8 Å². The molecule has 1 amide bonds. The fourth-order valence-electron chi connectivity index (χ4n) is 3.44. The van der Waals surface area contributed by atoms with Gasteiger partial charge in [-0.05, 0) is 39.0 Å². The molecule has 0 aromatic rings. The van der Waals surface area contributed by atoms with Gasteiger partial charge in [-0.25, -0.2) is 0 Å². The molecule has 0 saturated carbocycles. The molecule has 1 aliphatic heterocycles. The maximum atomic E-state index is 12.5. The molecular weight excluding hydrogens is 495 g/mol. The van der Waals surface area contributed by atoms with Crippen LogP contribution in [0.25, 0.3) is 0 Å². The van der Waals surface area contributed by atoms with Gasteiger partial charge in [-0.3, -0.25) is 9.79 Å². The second-order valence-corrected chi connectivity index (χ2v) is 7.60. The highest BCUT2D eigenvalue weighted by Gasteiger charge is 2.26. The molecular formula is C22H45IN4O3. The normalized spacial score (nSPS) is 15.2. The summed E-state index contributed by atoms with van der Waals surface area (Å²) in [6, 6.07) is 0.353. The number of guanidine groups is 1. The highest BCUT2D eigenvalue weighted by Crippen LogP contribution is 2.17. The third-order valence-corrected chi connectivity index (χ3v) is 5.35. The number of aliphatic imine (C=N–C) groups is 1. The molecule has 1 fully saturated rings. The van der Waals surface area contributed by atoms with Crippen LogP contribution in [0.1, 0.15) is 66.2 Å². The first-order valence-corrected chi connectivity index (χ1v) is 11.6. The molecule has 1 saturated heterocycles. The zero-order valence-electron chi connectivity index (χ0n) is 19.6. The molecule has 0 atom stereocenters. The molecule has 0 bridgehead atoms. The van der Waals surface area contributed by atoms with Crippen LogP contribution in [0.5, 0.6) is 0 Å². The van der Waals surface area contributed by atoms with E-state index < -0.39 is 0 Å². The van der Waals surface area contributed by atoms with Crippen molar-refractivity contribution in [1.82, 2.24) is 15.5 Å². The van der Waals surface area contributed by atoms with E-state index in [2.05, 4.69) is 43.3 Å². The van der Waals surface area contributed by atoms with E-state index in [9.17, 15) is 4.79 Å². The Morgan fingerprint density at radius 2 is 1.67 bits per heavy atom. The minimum Gasteiger partial charge on any atom is -0.379 e. The smallest absolute Gasteiger partial charge is 0.225 e. The van der Waals surface area contributed by atoms with E-state index >= 15 is 0 Å². The lowest BCUT2D eigenvalue weighted by Crippen LogP contribution is -2.50. The maximum Gasteiger partial charge on any atom is 0.225 e. The minimum atomic E-state index is 0. The van der Waals surface area contributed by atoms with Gasteiger partial charge in [0.2, 0.25) is 5.91 Å². The van der Waals surface area contributed by atoms with E-state index in [0.29, 0.717) is 38.3 Å². The SMILES string of the molecule is CCCCOCCOCCN=C(NCC)NC1CCN(C(=O)C(CC)CC)CC1.I. The van der Waals surface area contributed by atoms with Gasteiger partial charge in [0.15, 0.2) is 5.96 Å². The molecule has 1 heterocycles. The summed E-state index contributed by atoms with van der Waals surface area (Å²) in [7, 11) is 0. The van der Waals surface area contributed by atoms with Crippen molar-refractivity contribution in [1.29, 1.82) is 0 Å². The lowest BCUT2D eigenvalue weighted by Gasteiger charge is -2.34. The number of amides is 1. The number of carbonyl (C=O) groups excluding carboxylic acids is 1. The van der Waals surface area contributed by atoms with E-state index in [0.717, 1.165) is 70.7 Å². The van der Waals surface area contributed by atoms with Gasteiger partial charge in [0.05, 0.1) is 26.4 Å². The Hall–Kier alpha value is -0.610. The zero-order chi connectivity index (χ0) is 21.3. The van der Waals surface area contributed by atoms with E-state index in [4.69, 9.17) is 9.47 Å². The Morgan fingerprint density at radius 3 is 2.23 bits per heavy atom. The van der Waals surface area contributed by atoms with Crippen molar-refractivity contribution < 1.29 is 14.3 Å². The number of nitrogens with zero attached hydrogens (tertiary/aromatic N) is 2. The van der Waals surface area contributed by atoms with Gasteiger partial charge < -0.3 is 25.0 Å². The topological polar surface area (TPSA) is 75.2 Å². The van der Waals surface area contributed by atoms with Gasteiger partial charge in [0, 0.05) is 38.2 Å². The summed E-state index contributed by atoms with van der Waals surface area (Å²) in [4.78, 5) is 19.2. The van der Waals surface area contributed by atoms with Crippen molar-refractivity contribution in [3.8, 4) is 0 Å². The van der Waals surface area contributed by atoms with Gasteiger partial charge >= 0.3 is 0 Å². The van der Waals surface area contributed by atoms with Crippen molar-refractivity contribution in [2.75, 3.05) is 52.6 Å². The van der Waals surface area contributed by atoms with Crippen molar-refractivity contribution in [2.24, 2.45) is 10.9 Å². The molecule has 0 aliphatic carbocycles. The van der Waals surface area contributed by atoms with Gasteiger partial charge in [0.25, 0.3) is 0 Å². The Balaban J connectivity index is 0.00000841. The number of nitrogens with one attached hydrogen (secondary N) is 2. The van der Waals surface area contributed by atoms with E-state index in [-0.39, 0.29) is 29.9 Å². The molecule has 178 valence electrons. The summed E-state index contributed by atoms with van der Waals surface area (Å²) in [6.07, 6.45) is 6.04. The molecule has 8 heteroatoms. The summed E-state index contributed by atoms with van der Waals surface area (Å²) in [5.41, 5.74) is 0. The fraction of sp³-hybridized carbons (Fsp3) is 0.909. The molecule has 0 unspecified atom stereocenters. The van der Waals surface area contributed by atoms with Crippen LogP contribution in [0.2, 0.25) is 0 Å². The predicted octanol–water partition coefficient (Wildman–Crippen LogP) is 3.42. The average Bonchev–Trinajstić information content (AvgIpc) is 2.74. The first kappa shape index (κ1) is 29.4. The molecule has 1 rings (SSSR count). The number of rotatable bonds is 14. The van der Waals surface area contributed by atoms with Crippen LogP contribution < -0.4 is 10.6 Å². The quantitative estimate of drug-likeness (QED) is 0.153. The van der Waals surface area contributed by atoms with E-state index in [1.54, 1.807) is 0 Å². The molecule has 7 nitrogen and oxygen atoms in total. The number of carbonyl (C=O) groups is 1. The number of unbranched alkanes of at least 4 members (excludes halogenated alkanes) is 1. The summed E-state index contributed by atoms with van der Waals surface area (Å²) in [6.45, 7) is 14.2. The highest BCUT2D eigenvalue weighted by molar-refractivity contribution is 14.0. The summed E-state index contributed by atoms with van der Waals surface area (Å²) < 4.78 is 11.1. The summed E-state index contributed by atoms with van der Waals surface area (Å²) in [5.74, 6) is 1.33. The van der Waals surface area contributed by atoms with Crippen molar-refractivity contribution in [3.05, 3.63) is 0 Å². The van der Waals surface area contributed by atoms with Gasteiger partial charge in [0.1, 0.15) is 0 Å². The predicted molar refractivity (Wildman–Crippen MR) is 135 cm³/mol. The van der Waals surface area contributed by atoms with Gasteiger partial charge in [-0.1, -0.05) is 27.2 Å².